The smallest absolute Gasteiger partial charge is 0.291 e. The van der Waals surface area contributed by atoms with E-state index in [4.69, 9.17) is 4.42 Å². The third kappa shape index (κ3) is 2.70. The van der Waals surface area contributed by atoms with Gasteiger partial charge >= 0.3 is 0 Å². The molecule has 3 aromatic rings. The number of para-hydroxylation sites is 1. The van der Waals surface area contributed by atoms with Crippen LogP contribution in [0.1, 0.15) is 27.2 Å². The molecule has 2 aliphatic rings. The molecule has 2 amide bonds. The lowest BCUT2D eigenvalue weighted by Gasteiger charge is -2.32. The van der Waals surface area contributed by atoms with E-state index >= 15 is 0 Å². The van der Waals surface area contributed by atoms with Crippen molar-refractivity contribution in [1.29, 1.82) is 0 Å². The van der Waals surface area contributed by atoms with Gasteiger partial charge < -0.3 is 14.2 Å². The van der Waals surface area contributed by atoms with Gasteiger partial charge in [-0.15, -0.1) is 11.8 Å². The number of hydrogen-bond acceptors (Lipinski definition) is 4. The summed E-state index contributed by atoms with van der Waals surface area (Å²) in [5.74, 6) is 0.640. The Morgan fingerprint density at radius 2 is 1.90 bits per heavy atom. The van der Waals surface area contributed by atoms with Crippen LogP contribution >= 0.6 is 11.8 Å². The molecule has 1 aromatic heterocycles. The van der Waals surface area contributed by atoms with E-state index in [2.05, 4.69) is 12.1 Å². The lowest BCUT2D eigenvalue weighted by atomic mass is 10.1. The molecular weight excluding hydrogens is 384 g/mol. The first kappa shape index (κ1) is 18.1. The number of furan rings is 1. The number of nitrogens with zero attached hydrogens (tertiary/aromatic N) is 2. The molecule has 29 heavy (non-hydrogen) atoms. The minimum absolute atomic E-state index is 0.0679. The molecule has 1 atom stereocenters. The molecule has 0 aliphatic carbocycles. The Balaban J connectivity index is 1.57. The molecule has 1 fully saturated rings. The fourth-order valence-electron chi connectivity index (χ4n) is 4.13. The van der Waals surface area contributed by atoms with Gasteiger partial charge in [0, 0.05) is 17.9 Å². The van der Waals surface area contributed by atoms with Crippen molar-refractivity contribution in [3.63, 3.8) is 0 Å². The molecule has 0 unspecified atom stereocenters. The molecule has 0 radical (unpaired) electrons. The summed E-state index contributed by atoms with van der Waals surface area (Å²) in [6.45, 7) is 3.02. The predicted molar refractivity (Wildman–Crippen MR) is 113 cm³/mol. The highest BCUT2D eigenvalue weighted by atomic mass is 32.2. The van der Waals surface area contributed by atoms with Crippen molar-refractivity contribution in [1.82, 2.24) is 4.90 Å². The number of fused-ring (bicyclic) bond motifs is 2. The van der Waals surface area contributed by atoms with Crippen molar-refractivity contribution in [2.24, 2.45) is 0 Å². The lowest BCUT2D eigenvalue weighted by Crippen LogP contribution is -2.50. The van der Waals surface area contributed by atoms with Gasteiger partial charge in [-0.25, -0.2) is 0 Å². The molecule has 0 saturated carbocycles. The Kier molecular flexibility index (Phi) is 4.24. The number of amides is 2. The number of benzene rings is 2. The molecule has 6 heteroatoms. The maximum Gasteiger partial charge on any atom is 0.291 e. The molecule has 0 bridgehead atoms. The second kappa shape index (κ2) is 6.81. The number of thioether (sulfide) groups is 1. The Hall–Kier alpha value is -2.99. The van der Waals surface area contributed by atoms with Gasteiger partial charge in [-0.3, -0.25) is 9.59 Å². The van der Waals surface area contributed by atoms with Crippen LogP contribution in [0.4, 0.5) is 5.69 Å². The van der Waals surface area contributed by atoms with E-state index in [0.717, 1.165) is 16.8 Å². The summed E-state index contributed by atoms with van der Waals surface area (Å²) in [6.07, 6.45) is 1.48. The summed E-state index contributed by atoms with van der Waals surface area (Å²) in [5, 5.41) is 0. The molecule has 0 N–H and O–H groups in total. The van der Waals surface area contributed by atoms with Crippen LogP contribution in [-0.4, -0.2) is 29.0 Å². The first-order valence-corrected chi connectivity index (χ1v) is 10.6. The van der Waals surface area contributed by atoms with Crippen molar-refractivity contribution in [3.05, 3.63) is 89.4 Å². The summed E-state index contributed by atoms with van der Waals surface area (Å²) in [5.41, 5.74) is 3.98. The van der Waals surface area contributed by atoms with E-state index in [1.807, 2.05) is 43.3 Å². The maximum absolute atomic E-state index is 13.8. The van der Waals surface area contributed by atoms with Gasteiger partial charge in [0.05, 0.1) is 18.5 Å². The Labute approximate surface area is 173 Å². The minimum Gasteiger partial charge on any atom is -0.459 e. The number of rotatable bonds is 3. The molecular formula is C23H20N2O3S. The first-order chi connectivity index (χ1) is 14.1. The summed E-state index contributed by atoms with van der Waals surface area (Å²) < 4.78 is 5.34. The maximum atomic E-state index is 13.8. The van der Waals surface area contributed by atoms with Crippen LogP contribution in [0.5, 0.6) is 0 Å². The standard InChI is InChI=1S/C23H20N2O3S/c1-16-8-10-17(11-9-16)15-24-19-6-3-2-5-18(19)23(22(24)27)25(12-14-29-23)21(26)20-7-4-13-28-20/h2-11,13H,12,14-15H2,1H3/t23-/m1/s1. The Bertz CT molecular complexity index is 1080. The number of carbonyl (C=O) groups is 2. The van der Waals surface area contributed by atoms with E-state index in [1.165, 1.54) is 23.6 Å². The van der Waals surface area contributed by atoms with E-state index < -0.39 is 4.87 Å². The molecule has 1 spiro atoms. The van der Waals surface area contributed by atoms with Crippen molar-refractivity contribution >= 4 is 29.3 Å². The normalized spacial score (nSPS) is 20.5. The second-order valence-corrected chi connectivity index (χ2v) is 8.61. The highest BCUT2D eigenvalue weighted by Gasteiger charge is 2.59. The highest BCUT2D eigenvalue weighted by Crippen LogP contribution is 2.54. The fraction of sp³-hybridized carbons (Fsp3) is 0.217. The molecule has 5 rings (SSSR count). The zero-order valence-corrected chi connectivity index (χ0v) is 16.8. The third-order valence-corrected chi connectivity index (χ3v) is 6.96. The summed E-state index contributed by atoms with van der Waals surface area (Å²) in [6, 6.07) is 19.3. The van der Waals surface area contributed by atoms with Gasteiger partial charge in [0.25, 0.3) is 11.8 Å². The molecule has 3 heterocycles. The monoisotopic (exact) mass is 404 g/mol. The molecule has 1 saturated heterocycles. The number of anilines is 1. The van der Waals surface area contributed by atoms with Crippen LogP contribution < -0.4 is 4.90 Å². The molecule has 2 aliphatic heterocycles. The summed E-state index contributed by atoms with van der Waals surface area (Å²) >= 11 is 1.53. The van der Waals surface area contributed by atoms with Gasteiger partial charge in [0.15, 0.2) is 10.6 Å². The minimum atomic E-state index is -1.04. The van der Waals surface area contributed by atoms with Crippen molar-refractivity contribution in [2.45, 2.75) is 18.3 Å². The van der Waals surface area contributed by atoms with Crippen LogP contribution in [0.25, 0.3) is 0 Å². The number of aryl methyl sites for hydroxylation is 1. The predicted octanol–water partition coefficient (Wildman–Crippen LogP) is 4.18. The zero-order chi connectivity index (χ0) is 20.0. The van der Waals surface area contributed by atoms with E-state index in [1.54, 1.807) is 21.9 Å². The van der Waals surface area contributed by atoms with Gasteiger partial charge in [-0.1, -0.05) is 48.0 Å². The van der Waals surface area contributed by atoms with Crippen molar-refractivity contribution < 1.29 is 14.0 Å². The first-order valence-electron chi connectivity index (χ1n) is 9.58. The van der Waals surface area contributed by atoms with Crippen LogP contribution in [0.2, 0.25) is 0 Å². The second-order valence-electron chi connectivity index (χ2n) is 7.32. The van der Waals surface area contributed by atoms with Gasteiger partial charge in [-0.2, -0.15) is 0 Å². The third-order valence-electron chi connectivity index (χ3n) is 5.54. The van der Waals surface area contributed by atoms with Crippen LogP contribution in [0.15, 0.2) is 71.3 Å². The summed E-state index contributed by atoms with van der Waals surface area (Å²) in [7, 11) is 0. The van der Waals surface area contributed by atoms with Crippen LogP contribution in [0.3, 0.4) is 0 Å². The van der Waals surface area contributed by atoms with Crippen molar-refractivity contribution in [3.8, 4) is 0 Å². The van der Waals surface area contributed by atoms with Gasteiger partial charge in [-0.05, 0) is 30.7 Å². The highest BCUT2D eigenvalue weighted by molar-refractivity contribution is 8.01. The Morgan fingerprint density at radius 1 is 1.10 bits per heavy atom. The Morgan fingerprint density at radius 3 is 2.66 bits per heavy atom. The topological polar surface area (TPSA) is 53.8 Å². The number of carbonyl (C=O) groups excluding carboxylic acids is 2. The van der Waals surface area contributed by atoms with Crippen LogP contribution in [0, 0.1) is 6.92 Å². The van der Waals surface area contributed by atoms with E-state index in [-0.39, 0.29) is 17.6 Å². The molecule has 2 aromatic carbocycles. The molecule has 146 valence electrons. The van der Waals surface area contributed by atoms with Gasteiger partial charge in [0.1, 0.15) is 0 Å². The van der Waals surface area contributed by atoms with Gasteiger partial charge in [0.2, 0.25) is 0 Å². The average Bonchev–Trinajstić information content (AvgIpc) is 3.47. The molecule has 5 nitrogen and oxygen atoms in total. The lowest BCUT2D eigenvalue weighted by molar-refractivity contribution is -0.123. The van der Waals surface area contributed by atoms with E-state index in [0.29, 0.717) is 18.8 Å². The van der Waals surface area contributed by atoms with Crippen molar-refractivity contribution in [2.75, 3.05) is 17.2 Å². The quantitative estimate of drug-likeness (QED) is 0.657. The largest absolute Gasteiger partial charge is 0.459 e. The fourth-order valence-corrected chi connectivity index (χ4v) is 5.60. The zero-order valence-electron chi connectivity index (χ0n) is 16.0. The SMILES string of the molecule is Cc1ccc(CN2C(=O)[C@]3(SCCN3C(=O)c3ccco3)c3ccccc32)cc1. The van der Waals surface area contributed by atoms with E-state index in [9.17, 15) is 9.59 Å². The summed E-state index contributed by atoms with van der Waals surface area (Å²) in [4.78, 5) is 29.4. The number of hydrogen-bond donors (Lipinski definition) is 0. The average molecular weight is 404 g/mol. The van der Waals surface area contributed by atoms with Crippen LogP contribution in [-0.2, 0) is 16.2 Å².